The molecule has 27 heavy (non-hydrogen) atoms. The molecule has 1 saturated carbocycles. The second-order valence-corrected chi connectivity index (χ2v) is 7.10. The van der Waals surface area contributed by atoms with Crippen molar-refractivity contribution in [2.24, 2.45) is 5.92 Å². The van der Waals surface area contributed by atoms with E-state index >= 15 is 0 Å². The van der Waals surface area contributed by atoms with Gasteiger partial charge >= 0.3 is 0 Å². The average molecular weight is 362 g/mol. The Labute approximate surface area is 158 Å². The summed E-state index contributed by atoms with van der Waals surface area (Å²) in [6.45, 7) is 1.40. The fraction of sp³-hybridized carbons (Fsp3) is 0.364. The predicted octanol–water partition coefficient (Wildman–Crippen LogP) is 4.13. The summed E-state index contributed by atoms with van der Waals surface area (Å²) in [5, 5.41) is 12.5. The third-order valence-corrected chi connectivity index (χ3v) is 4.97. The summed E-state index contributed by atoms with van der Waals surface area (Å²) in [6, 6.07) is 15.6. The molecule has 1 aliphatic heterocycles. The molecule has 1 N–H and O–H groups in total. The second kappa shape index (κ2) is 7.81. The molecule has 2 aromatic rings. The number of hydrogen-bond donors (Lipinski definition) is 1. The number of nitrogens with one attached hydrogen (secondary N) is 1. The van der Waals surface area contributed by atoms with E-state index in [-0.39, 0.29) is 17.9 Å². The van der Waals surface area contributed by atoms with Crippen molar-refractivity contribution in [3.63, 3.8) is 0 Å². The summed E-state index contributed by atoms with van der Waals surface area (Å²) in [7, 11) is 0. The van der Waals surface area contributed by atoms with E-state index in [9.17, 15) is 10.1 Å². The molecule has 0 unspecified atom stereocenters. The lowest BCUT2D eigenvalue weighted by molar-refractivity contribution is -0.117. The summed E-state index contributed by atoms with van der Waals surface area (Å²) in [5.74, 6) is 0.872. The molecule has 1 aliphatic carbocycles. The van der Waals surface area contributed by atoms with Crippen LogP contribution < -0.4 is 10.1 Å². The number of carbonyl (C=O) groups excluding carboxylic acids is 1. The van der Waals surface area contributed by atoms with Gasteiger partial charge in [-0.1, -0.05) is 18.2 Å². The Hall–Kier alpha value is -2.84. The van der Waals surface area contributed by atoms with Crippen molar-refractivity contribution in [2.45, 2.75) is 31.8 Å². The van der Waals surface area contributed by atoms with E-state index < -0.39 is 0 Å². The first kappa shape index (κ1) is 17.6. The Morgan fingerprint density at radius 1 is 1.07 bits per heavy atom. The van der Waals surface area contributed by atoms with E-state index in [4.69, 9.17) is 9.47 Å². The van der Waals surface area contributed by atoms with Crippen molar-refractivity contribution < 1.29 is 14.3 Å². The highest BCUT2D eigenvalue weighted by Gasteiger charge is 2.29. The second-order valence-electron chi connectivity index (χ2n) is 7.10. The minimum atomic E-state index is 0.0880. The van der Waals surface area contributed by atoms with Gasteiger partial charge in [0.1, 0.15) is 17.9 Å². The lowest BCUT2D eigenvalue weighted by Crippen LogP contribution is -2.26. The molecule has 0 aromatic heterocycles. The molecule has 0 atom stereocenters. The maximum atomic E-state index is 12.0. The average Bonchev–Trinajstić information content (AvgIpc) is 3.55. The van der Waals surface area contributed by atoms with Crippen LogP contribution in [-0.4, -0.2) is 25.2 Å². The van der Waals surface area contributed by atoms with Gasteiger partial charge in [0.15, 0.2) is 0 Å². The summed E-state index contributed by atoms with van der Waals surface area (Å²) in [5.41, 5.74) is 3.18. The molecule has 5 heteroatoms. The molecule has 0 bridgehead atoms. The zero-order chi connectivity index (χ0) is 18.6. The molecular weight excluding hydrogens is 340 g/mol. The minimum Gasteiger partial charge on any atom is -0.489 e. The fourth-order valence-corrected chi connectivity index (χ4v) is 3.24. The molecule has 4 rings (SSSR count). The Bertz CT molecular complexity index is 877. The third kappa shape index (κ3) is 4.29. The van der Waals surface area contributed by atoms with Gasteiger partial charge in [-0.05, 0) is 48.2 Å². The lowest BCUT2D eigenvalue weighted by atomic mass is 10.0. The topological polar surface area (TPSA) is 71.4 Å². The normalized spacial score (nSPS) is 17.1. The molecule has 5 nitrogen and oxygen atoms in total. The molecule has 0 spiro atoms. The lowest BCUT2D eigenvalue weighted by Gasteiger charge is -2.23. The molecule has 1 saturated heterocycles. The standard InChI is InChI=1S/C22H22N2O3/c23-14-18-12-17(6-7-21(18)27-20-8-10-26-11-9-20)16-2-1-3-19(13-16)24-22(25)15-4-5-15/h1-3,6-7,12-13,15,20H,4-5,8-11H2,(H,24,25). The molecule has 2 aromatic carbocycles. The Morgan fingerprint density at radius 2 is 1.85 bits per heavy atom. The van der Waals surface area contributed by atoms with Crippen LogP contribution in [0, 0.1) is 17.2 Å². The number of nitriles is 1. The van der Waals surface area contributed by atoms with Crippen molar-refractivity contribution in [3.05, 3.63) is 48.0 Å². The molecule has 1 heterocycles. The van der Waals surface area contributed by atoms with Crippen LogP contribution in [0.4, 0.5) is 5.69 Å². The van der Waals surface area contributed by atoms with Gasteiger partial charge in [0.25, 0.3) is 0 Å². The van der Waals surface area contributed by atoms with E-state index in [0.29, 0.717) is 24.5 Å². The van der Waals surface area contributed by atoms with Crippen molar-refractivity contribution >= 4 is 11.6 Å². The fourth-order valence-electron chi connectivity index (χ4n) is 3.24. The number of amides is 1. The number of rotatable bonds is 5. The first-order valence-electron chi connectivity index (χ1n) is 9.43. The summed E-state index contributed by atoms with van der Waals surface area (Å²) in [6.07, 6.45) is 3.74. The van der Waals surface area contributed by atoms with Crippen LogP contribution in [0.5, 0.6) is 5.75 Å². The molecule has 0 radical (unpaired) electrons. The van der Waals surface area contributed by atoms with Crippen LogP contribution >= 0.6 is 0 Å². The summed E-state index contributed by atoms with van der Waals surface area (Å²) < 4.78 is 11.4. The zero-order valence-corrected chi connectivity index (χ0v) is 15.1. The van der Waals surface area contributed by atoms with Crippen molar-refractivity contribution in [2.75, 3.05) is 18.5 Å². The van der Waals surface area contributed by atoms with Gasteiger partial charge in [-0.25, -0.2) is 0 Å². The molecule has 2 fully saturated rings. The number of ether oxygens (including phenoxy) is 2. The zero-order valence-electron chi connectivity index (χ0n) is 15.1. The molecule has 1 amide bonds. The van der Waals surface area contributed by atoms with Gasteiger partial charge in [0.2, 0.25) is 5.91 Å². The third-order valence-electron chi connectivity index (χ3n) is 4.97. The van der Waals surface area contributed by atoms with E-state index in [1.807, 2.05) is 42.5 Å². The van der Waals surface area contributed by atoms with Crippen molar-refractivity contribution in [3.8, 4) is 22.9 Å². The predicted molar refractivity (Wildman–Crippen MR) is 102 cm³/mol. The van der Waals surface area contributed by atoms with Crippen LogP contribution in [0.3, 0.4) is 0 Å². The minimum absolute atomic E-state index is 0.0880. The number of benzene rings is 2. The van der Waals surface area contributed by atoms with Crippen LogP contribution in [0.15, 0.2) is 42.5 Å². The monoisotopic (exact) mass is 362 g/mol. The van der Waals surface area contributed by atoms with Crippen LogP contribution in [0.25, 0.3) is 11.1 Å². The highest BCUT2D eigenvalue weighted by Crippen LogP contribution is 2.32. The molecule has 138 valence electrons. The Balaban J connectivity index is 1.53. The van der Waals surface area contributed by atoms with Gasteiger partial charge in [0.05, 0.1) is 18.8 Å². The summed E-state index contributed by atoms with van der Waals surface area (Å²) >= 11 is 0. The van der Waals surface area contributed by atoms with E-state index in [0.717, 1.165) is 42.5 Å². The van der Waals surface area contributed by atoms with Gasteiger partial charge in [-0.15, -0.1) is 0 Å². The van der Waals surface area contributed by atoms with E-state index in [1.54, 1.807) is 0 Å². The number of anilines is 1. The van der Waals surface area contributed by atoms with Crippen molar-refractivity contribution in [1.82, 2.24) is 0 Å². The highest BCUT2D eigenvalue weighted by atomic mass is 16.5. The smallest absolute Gasteiger partial charge is 0.227 e. The van der Waals surface area contributed by atoms with Crippen LogP contribution in [-0.2, 0) is 9.53 Å². The number of nitrogens with zero attached hydrogens (tertiary/aromatic N) is 1. The van der Waals surface area contributed by atoms with Gasteiger partial charge in [-0.2, -0.15) is 5.26 Å². The van der Waals surface area contributed by atoms with Crippen LogP contribution in [0.2, 0.25) is 0 Å². The molecular formula is C22H22N2O3. The van der Waals surface area contributed by atoms with Crippen molar-refractivity contribution in [1.29, 1.82) is 5.26 Å². The summed E-state index contributed by atoms with van der Waals surface area (Å²) in [4.78, 5) is 12.0. The first-order chi connectivity index (χ1) is 13.2. The molecule has 2 aliphatic rings. The maximum Gasteiger partial charge on any atom is 0.227 e. The first-order valence-corrected chi connectivity index (χ1v) is 9.43. The highest BCUT2D eigenvalue weighted by molar-refractivity contribution is 5.94. The van der Waals surface area contributed by atoms with Gasteiger partial charge in [0, 0.05) is 24.4 Å². The Kier molecular flexibility index (Phi) is 5.08. The van der Waals surface area contributed by atoms with Gasteiger partial charge in [-0.3, -0.25) is 4.79 Å². The Morgan fingerprint density at radius 3 is 2.59 bits per heavy atom. The van der Waals surface area contributed by atoms with Crippen LogP contribution in [0.1, 0.15) is 31.2 Å². The largest absolute Gasteiger partial charge is 0.489 e. The quantitative estimate of drug-likeness (QED) is 0.868. The SMILES string of the molecule is N#Cc1cc(-c2cccc(NC(=O)C3CC3)c2)ccc1OC1CCOCC1. The van der Waals surface area contributed by atoms with E-state index in [2.05, 4.69) is 11.4 Å². The number of hydrogen-bond acceptors (Lipinski definition) is 4. The number of carbonyl (C=O) groups is 1. The van der Waals surface area contributed by atoms with Gasteiger partial charge < -0.3 is 14.8 Å². The van der Waals surface area contributed by atoms with E-state index in [1.165, 1.54) is 0 Å². The maximum absolute atomic E-state index is 12.0.